The number of halogens is 4. The van der Waals surface area contributed by atoms with Crippen molar-refractivity contribution >= 4 is 6.03 Å². The molecule has 1 unspecified atom stereocenters. The van der Waals surface area contributed by atoms with E-state index in [-0.39, 0.29) is 37.2 Å². The monoisotopic (exact) mass is 347 g/mol. The third kappa shape index (κ3) is 3.70. The highest BCUT2D eigenvalue weighted by Gasteiger charge is 2.56. The van der Waals surface area contributed by atoms with Crippen LogP contribution in [0, 0.1) is 11.8 Å². The Bertz CT molecular complexity index is 614. The molecule has 9 heteroatoms. The van der Waals surface area contributed by atoms with E-state index in [1.807, 2.05) is 0 Å². The molecule has 0 saturated heterocycles. The molecule has 3 rings (SSSR count). The van der Waals surface area contributed by atoms with Gasteiger partial charge in [0, 0.05) is 37.2 Å². The van der Waals surface area contributed by atoms with Gasteiger partial charge in [0.25, 0.3) is 5.92 Å². The molecule has 2 fully saturated rings. The summed E-state index contributed by atoms with van der Waals surface area (Å²) in [6, 6.07) is 2.13. The normalized spacial score (nSPS) is 27.3. The van der Waals surface area contributed by atoms with E-state index in [9.17, 15) is 22.4 Å². The van der Waals surface area contributed by atoms with Gasteiger partial charge in [0.05, 0.1) is 0 Å². The molecule has 1 aromatic heterocycles. The van der Waals surface area contributed by atoms with Crippen LogP contribution >= 0.6 is 0 Å². The van der Waals surface area contributed by atoms with Crippen molar-refractivity contribution in [1.82, 2.24) is 15.6 Å². The van der Waals surface area contributed by atoms with Gasteiger partial charge < -0.3 is 15.4 Å². The van der Waals surface area contributed by atoms with E-state index in [4.69, 9.17) is 0 Å². The third-order valence-corrected chi connectivity index (χ3v) is 4.61. The van der Waals surface area contributed by atoms with E-state index in [0.717, 1.165) is 0 Å². The first-order valence-electron chi connectivity index (χ1n) is 7.65. The van der Waals surface area contributed by atoms with Crippen molar-refractivity contribution < 1.29 is 27.1 Å². The molecule has 2 saturated carbocycles. The van der Waals surface area contributed by atoms with Crippen LogP contribution in [-0.4, -0.2) is 29.6 Å². The standard InChI is InChI=1S/C15H17F4N3O2/c16-13(17)24-12-3-8(1-2-20-12)7-21-14(23)22-11-5-10-4-9(11)6-15(10,18)19/h1-3,9-11,13H,4-7H2,(H2,21,22,23)/t9-,10-,11?/m1/s1. The molecule has 0 radical (unpaired) electrons. The fourth-order valence-corrected chi connectivity index (χ4v) is 3.51. The maximum absolute atomic E-state index is 13.4. The summed E-state index contributed by atoms with van der Waals surface area (Å²) in [5.41, 5.74) is 0.537. The Balaban J connectivity index is 1.47. The van der Waals surface area contributed by atoms with Crippen LogP contribution in [0.2, 0.25) is 0 Å². The number of urea groups is 1. The van der Waals surface area contributed by atoms with Crippen molar-refractivity contribution in [2.24, 2.45) is 11.8 Å². The van der Waals surface area contributed by atoms with Gasteiger partial charge in [0.15, 0.2) is 0 Å². The van der Waals surface area contributed by atoms with Crippen LogP contribution < -0.4 is 15.4 Å². The Hall–Kier alpha value is -2.06. The first-order valence-corrected chi connectivity index (χ1v) is 7.65. The minimum Gasteiger partial charge on any atom is -0.417 e. The van der Waals surface area contributed by atoms with Crippen molar-refractivity contribution in [2.75, 3.05) is 0 Å². The molecule has 2 bridgehead atoms. The molecule has 24 heavy (non-hydrogen) atoms. The molecular formula is C15H17F4N3O2. The number of hydrogen-bond acceptors (Lipinski definition) is 3. The van der Waals surface area contributed by atoms with Crippen LogP contribution in [0.4, 0.5) is 22.4 Å². The number of hydrogen-bond donors (Lipinski definition) is 2. The van der Waals surface area contributed by atoms with Gasteiger partial charge in [0.2, 0.25) is 5.88 Å². The lowest BCUT2D eigenvalue weighted by molar-refractivity contribution is -0.0559. The fourth-order valence-electron chi connectivity index (χ4n) is 3.51. The second-order valence-corrected chi connectivity index (χ2v) is 6.21. The predicted octanol–water partition coefficient (Wildman–Crippen LogP) is 2.92. The van der Waals surface area contributed by atoms with E-state index in [1.165, 1.54) is 12.3 Å². The van der Waals surface area contributed by atoms with Gasteiger partial charge in [-0.15, -0.1) is 0 Å². The van der Waals surface area contributed by atoms with Gasteiger partial charge in [0.1, 0.15) is 0 Å². The zero-order valence-electron chi connectivity index (χ0n) is 12.6. The average Bonchev–Trinajstić information content (AvgIpc) is 3.00. The summed E-state index contributed by atoms with van der Waals surface area (Å²) in [6.07, 6.45) is 1.84. The van der Waals surface area contributed by atoms with E-state index in [0.29, 0.717) is 12.0 Å². The molecule has 1 aromatic rings. The number of fused-ring (bicyclic) bond motifs is 2. The van der Waals surface area contributed by atoms with Crippen LogP contribution in [0.3, 0.4) is 0 Å². The number of rotatable bonds is 5. The van der Waals surface area contributed by atoms with Crippen molar-refractivity contribution in [2.45, 2.75) is 44.4 Å². The number of ether oxygens (including phenoxy) is 1. The van der Waals surface area contributed by atoms with Gasteiger partial charge in [-0.25, -0.2) is 18.6 Å². The smallest absolute Gasteiger partial charge is 0.388 e. The highest BCUT2D eigenvalue weighted by molar-refractivity contribution is 5.74. The lowest BCUT2D eigenvalue weighted by atomic mass is 9.92. The van der Waals surface area contributed by atoms with Crippen molar-refractivity contribution in [3.8, 4) is 5.88 Å². The van der Waals surface area contributed by atoms with Crippen LogP contribution in [0.5, 0.6) is 5.88 Å². The summed E-state index contributed by atoms with van der Waals surface area (Å²) >= 11 is 0. The topological polar surface area (TPSA) is 63.2 Å². The minimum atomic E-state index is -2.97. The summed E-state index contributed by atoms with van der Waals surface area (Å²) in [7, 11) is 0. The maximum Gasteiger partial charge on any atom is 0.388 e. The predicted molar refractivity (Wildman–Crippen MR) is 75.8 cm³/mol. The summed E-state index contributed by atoms with van der Waals surface area (Å²) in [5.74, 6) is -3.69. The van der Waals surface area contributed by atoms with Crippen molar-refractivity contribution in [3.63, 3.8) is 0 Å². The van der Waals surface area contributed by atoms with Gasteiger partial charge in [-0.3, -0.25) is 0 Å². The lowest BCUT2D eigenvalue weighted by Crippen LogP contribution is -2.46. The average molecular weight is 347 g/mol. The molecule has 0 spiro atoms. The Labute approximate surface area is 135 Å². The second-order valence-electron chi connectivity index (χ2n) is 6.21. The number of nitrogens with zero attached hydrogens (tertiary/aromatic N) is 1. The number of carbonyl (C=O) groups excluding carboxylic acids is 1. The van der Waals surface area contributed by atoms with E-state index >= 15 is 0 Å². The van der Waals surface area contributed by atoms with Crippen LogP contribution in [0.1, 0.15) is 24.8 Å². The maximum atomic E-state index is 13.4. The Kier molecular flexibility index (Phi) is 4.51. The highest BCUT2D eigenvalue weighted by Crippen LogP contribution is 2.53. The van der Waals surface area contributed by atoms with Gasteiger partial charge in [-0.05, 0) is 30.4 Å². The number of aromatic nitrogens is 1. The molecule has 2 N–H and O–H groups in total. The van der Waals surface area contributed by atoms with E-state index in [1.54, 1.807) is 6.07 Å². The number of carbonyl (C=O) groups is 1. The lowest BCUT2D eigenvalue weighted by Gasteiger charge is -2.28. The molecule has 3 atom stereocenters. The van der Waals surface area contributed by atoms with Gasteiger partial charge in [-0.1, -0.05) is 0 Å². The molecule has 2 aliphatic carbocycles. The molecule has 0 aromatic carbocycles. The van der Waals surface area contributed by atoms with E-state index in [2.05, 4.69) is 20.4 Å². The SMILES string of the molecule is O=C(NCc1ccnc(OC(F)F)c1)NC1C[C@H]2C[C@@H]1CC2(F)F. The quantitative estimate of drug-likeness (QED) is 0.805. The number of pyridine rings is 1. The van der Waals surface area contributed by atoms with Gasteiger partial charge >= 0.3 is 12.6 Å². The minimum absolute atomic E-state index is 0.0882. The summed E-state index contributed by atoms with van der Waals surface area (Å²) in [5, 5.41) is 5.29. The molecule has 1 heterocycles. The van der Waals surface area contributed by atoms with Crippen LogP contribution in [-0.2, 0) is 6.54 Å². The largest absolute Gasteiger partial charge is 0.417 e. The third-order valence-electron chi connectivity index (χ3n) is 4.61. The first-order chi connectivity index (χ1) is 11.3. The molecule has 0 aliphatic heterocycles. The van der Waals surface area contributed by atoms with E-state index < -0.39 is 24.5 Å². The van der Waals surface area contributed by atoms with Crippen molar-refractivity contribution in [3.05, 3.63) is 23.9 Å². The zero-order valence-corrected chi connectivity index (χ0v) is 12.6. The number of alkyl halides is 4. The Morgan fingerprint density at radius 1 is 1.42 bits per heavy atom. The van der Waals surface area contributed by atoms with Crippen molar-refractivity contribution in [1.29, 1.82) is 0 Å². The molecule has 2 amide bonds. The number of nitrogens with one attached hydrogen (secondary N) is 2. The first kappa shape index (κ1) is 16.8. The van der Waals surface area contributed by atoms with Crippen LogP contribution in [0.25, 0.3) is 0 Å². The summed E-state index contributed by atoms with van der Waals surface area (Å²) in [6.45, 7) is -2.88. The molecule has 132 valence electrons. The Morgan fingerprint density at radius 2 is 2.21 bits per heavy atom. The second kappa shape index (κ2) is 6.45. The van der Waals surface area contributed by atoms with Crippen LogP contribution in [0.15, 0.2) is 18.3 Å². The Morgan fingerprint density at radius 3 is 2.83 bits per heavy atom. The summed E-state index contributed by atoms with van der Waals surface area (Å²) < 4.78 is 55.3. The molecular weight excluding hydrogens is 330 g/mol. The number of amides is 2. The summed E-state index contributed by atoms with van der Waals surface area (Å²) in [4.78, 5) is 15.5. The molecule has 5 nitrogen and oxygen atoms in total. The zero-order chi connectivity index (χ0) is 17.3. The van der Waals surface area contributed by atoms with Gasteiger partial charge in [-0.2, -0.15) is 8.78 Å². The highest BCUT2D eigenvalue weighted by atomic mass is 19.3. The fraction of sp³-hybridized carbons (Fsp3) is 0.600. The molecule has 2 aliphatic rings.